The van der Waals surface area contributed by atoms with Gasteiger partial charge in [0.2, 0.25) is 10.0 Å². The molecule has 1 heterocycles. The Bertz CT molecular complexity index is 331. The lowest BCUT2D eigenvalue weighted by Crippen LogP contribution is -2.33. The summed E-state index contributed by atoms with van der Waals surface area (Å²) in [5, 5.41) is 8.24. The Morgan fingerprint density at radius 1 is 1.69 bits per heavy atom. The maximum absolute atomic E-state index is 13.2. The van der Waals surface area contributed by atoms with Gasteiger partial charge in [-0.05, 0) is 13.3 Å². The lowest BCUT2D eigenvalue weighted by molar-refractivity contribution is 0.208. The van der Waals surface area contributed by atoms with E-state index in [2.05, 4.69) is 0 Å². The van der Waals surface area contributed by atoms with Crippen LogP contribution in [-0.4, -0.2) is 37.2 Å². The minimum absolute atomic E-state index is 0.128. The highest BCUT2D eigenvalue weighted by atomic mass is 32.2. The maximum Gasteiger partial charge on any atom is 0.227 e. The van der Waals surface area contributed by atoms with Crippen molar-refractivity contribution >= 4 is 10.0 Å². The van der Waals surface area contributed by atoms with Gasteiger partial charge in [-0.3, -0.25) is 0 Å². The van der Waals surface area contributed by atoms with Crippen molar-refractivity contribution in [1.82, 2.24) is 4.31 Å². The van der Waals surface area contributed by atoms with Gasteiger partial charge >= 0.3 is 0 Å². The molecule has 0 aromatic heterocycles. The van der Waals surface area contributed by atoms with Gasteiger partial charge in [0.15, 0.2) is 5.75 Å². The van der Waals surface area contributed by atoms with Crippen LogP contribution >= 0.6 is 0 Å². The van der Waals surface area contributed by atoms with Crippen molar-refractivity contribution in [3.05, 3.63) is 0 Å². The number of nitriles is 1. The molecule has 0 aliphatic carbocycles. The van der Waals surface area contributed by atoms with Gasteiger partial charge in [-0.2, -0.15) is 9.57 Å². The zero-order chi connectivity index (χ0) is 10.1. The van der Waals surface area contributed by atoms with Crippen molar-refractivity contribution in [2.75, 3.05) is 18.8 Å². The molecule has 1 saturated heterocycles. The molecule has 13 heavy (non-hydrogen) atoms. The number of nitrogens with zero attached hydrogens (tertiary/aromatic N) is 2. The number of hydrogen-bond acceptors (Lipinski definition) is 3. The molecule has 1 atom stereocenters. The second-order valence-corrected chi connectivity index (χ2v) is 5.38. The van der Waals surface area contributed by atoms with Crippen LogP contribution in [0, 0.1) is 11.3 Å². The lowest BCUT2D eigenvalue weighted by Gasteiger charge is -2.15. The normalized spacial score (nSPS) is 30.2. The van der Waals surface area contributed by atoms with Crippen LogP contribution in [0.25, 0.3) is 0 Å². The summed E-state index contributed by atoms with van der Waals surface area (Å²) < 4.78 is 36.8. The molecular formula is C7H11FN2O2S. The maximum atomic E-state index is 13.2. The fourth-order valence-corrected chi connectivity index (χ4v) is 2.47. The monoisotopic (exact) mass is 206 g/mol. The Labute approximate surface area is 77.0 Å². The van der Waals surface area contributed by atoms with Crippen molar-refractivity contribution in [3.8, 4) is 6.07 Å². The van der Waals surface area contributed by atoms with Crippen molar-refractivity contribution in [3.63, 3.8) is 0 Å². The molecule has 0 bridgehead atoms. The van der Waals surface area contributed by atoms with Crippen LogP contribution < -0.4 is 0 Å². The van der Waals surface area contributed by atoms with Gasteiger partial charge in [-0.15, -0.1) is 0 Å². The summed E-state index contributed by atoms with van der Waals surface area (Å²) in [7, 11) is -3.55. The van der Waals surface area contributed by atoms with Gasteiger partial charge in [0.25, 0.3) is 0 Å². The Kier molecular flexibility index (Phi) is 2.59. The summed E-state index contributed by atoms with van der Waals surface area (Å²) in [4.78, 5) is 0. The molecule has 0 N–H and O–H groups in total. The third-order valence-corrected chi connectivity index (χ3v) is 3.62. The molecule has 0 aromatic carbocycles. The largest absolute Gasteiger partial charge is 0.243 e. The SMILES string of the molecule is CC1(F)CCN(S(=O)(=O)CC#N)C1. The molecule has 6 heteroatoms. The second-order valence-electron chi connectivity index (χ2n) is 3.41. The van der Waals surface area contributed by atoms with Crippen LogP contribution in [0.15, 0.2) is 0 Å². The van der Waals surface area contributed by atoms with Crippen LogP contribution in [0.5, 0.6) is 0 Å². The molecule has 74 valence electrons. The molecule has 0 saturated carbocycles. The number of halogens is 1. The van der Waals surface area contributed by atoms with E-state index < -0.39 is 21.4 Å². The quantitative estimate of drug-likeness (QED) is 0.651. The first-order valence-electron chi connectivity index (χ1n) is 3.91. The summed E-state index contributed by atoms with van der Waals surface area (Å²) in [5.74, 6) is -0.566. The molecule has 4 nitrogen and oxygen atoms in total. The Hall–Kier alpha value is -0.670. The first-order valence-corrected chi connectivity index (χ1v) is 5.52. The van der Waals surface area contributed by atoms with Gasteiger partial charge in [0, 0.05) is 13.1 Å². The van der Waals surface area contributed by atoms with E-state index in [1.807, 2.05) is 0 Å². The molecule has 1 rings (SSSR count). The Balaban J connectivity index is 2.73. The summed E-state index contributed by atoms with van der Waals surface area (Å²) in [5.41, 5.74) is -1.44. The van der Waals surface area contributed by atoms with E-state index in [4.69, 9.17) is 5.26 Å². The van der Waals surface area contributed by atoms with E-state index in [1.165, 1.54) is 6.92 Å². The van der Waals surface area contributed by atoms with E-state index in [9.17, 15) is 12.8 Å². The van der Waals surface area contributed by atoms with E-state index in [-0.39, 0.29) is 19.5 Å². The predicted molar refractivity (Wildman–Crippen MR) is 45.1 cm³/mol. The average molecular weight is 206 g/mol. The molecule has 0 radical (unpaired) electrons. The van der Waals surface area contributed by atoms with E-state index >= 15 is 0 Å². The molecule has 0 spiro atoms. The third-order valence-electron chi connectivity index (χ3n) is 2.03. The molecule has 1 aliphatic heterocycles. The average Bonchev–Trinajstić information content (AvgIpc) is 2.30. The molecule has 1 aliphatic rings. The topological polar surface area (TPSA) is 61.2 Å². The third kappa shape index (κ3) is 2.39. The summed E-state index contributed by atoms with van der Waals surface area (Å²) in [6.45, 7) is 1.42. The number of sulfonamides is 1. The van der Waals surface area contributed by atoms with Gasteiger partial charge in [0.1, 0.15) is 5.67 Å². The number of alkyl halides is 1. The highest BCUT2D eigenvalue weighted by molar-refractivity contribution is 7.89. The summed E-state index contributed by atoms with van der Waals surface area (Å²) in [6.07, 6.45) is 0.206. The first kappa shape index (κ1) is 10.4. The van der Waals surface area contributed by atoms with Crippen LogP contribution in [0.4, 0.5) is 4.39 Å². The van der Waals surface area contributed by atoms with Crippen LogP contribution in [-0.2, 0) is 10.0 Å². The van der Waals surface area contributed by atoms with Crippen molar-refractivity contribution in [1.29, 1.82) is 5.26 Å². The Morgan fingerprint density at radius 3 is 2.69 bits per heavy atom. The van der Waals surface area contributed by atoms with E-state index in [0.717, 1.165) is 4.31 Å². The van der Waals surface area contributed by atoms with Crippen molar-refractivity contribution in [2.45, 2.75) is 19.0 Å². The lowest BCUT2D eigenvalue weighted by atomic mass is 10.1. The van der Waals surface area contributed by atoms with E-state index in [1.54, 1.807) is 6.07 Å². The summed E-state index contributed by atoms with van der Waals surface area (Å²) in [6, 6.07) is 1.56. The Morgan fingerprint density at radius 2 is 2.31 bits per heavy atom. The first-order chi connectivity index (χ1) is 5.87. The van der Waals surface area contributed by atoms with Gasteiger partial charge in [0.05, 0.1) is 6.07 Å². The highest BCUT2D eigenvalue weighted by Crippen LogP contribution is 2.26. The standard InChI is InChI=1S/C7H11FN2O2S/c1-7(8)2-4-10(6-7)13(11,12)5-3-9/h2,4-6H2,1H3. The minimum atomic E-state index is -3.55. The smallest absolute Gasteiger partial charge is 0.227 e. The van der Waals surface area contributed by atoms with Gasteiger partial charge in [-0.25, -0.2) is 12.8 Å². The molecule has 0 aromatic rings. The zero-order valence-corrected chi connectivity index (χ0v) is 8.14. The zero-order valence-electron chi connectivity index (χ0n) is 7.33. The second kappa shape index (κ2) is 3.24. The molecule has 1 fully saturated rings. The highest BCUT2D eigenvalue weighted by Gasteiger charge is 2.39. The van der Waals surface area contributed by atoms with Crippen LogP contribution in [0.1, 0.15) is 13.3 Å². The minimum Gasteiger partial charge on any atom is -0.243 e. The summed E-state index contributed by atoms with van der Waals surface area (Å²) >= 11 is 0. The number of hydrogen-bond donors (Lipinski definition) is 0. The molecule has 0 amide bonds. The van der Waals surface area contributed by atoms with Gasteiger partial charge < -0.3 is 0 Å². The number of rotatable bonds is 2. The van der Waals surface area contributed by atoms with Gasteiger partial charge in [-0.1, -0.05) is 0 Å². The van der Waals surface area contributed by atoms with Crippen molar-refractivity contribution < 1.29 is 12.8 Å². The molecular weight excluding hydrogens is 195 g/mol. The fraction of sp³-hybridized carbons (Fsp3) is 0.857. The van der Waals surface area contributed by atoms with E-state index in [0.29, 0.717) is 0 Å². The predicted octanol–water partition coefficient (Wildman–Crippen LogP) is 0.274. The molecule has 1 unspecified atom stereocenters. The fourth-order valence-electron chi connectivity index (χ4n) is 1.29. The van der Waals surface area contributed by atoms with Crippen molar-refractivity contribution in [2.24, 2.45) is 0 Å². The van der Waals surface area contributed by atoms with Crippen LogP contribution in [0.2, 0.25) is 0 Å². The van der Waals surface area contributed by atoms with Crippen LogP contribution in [0.3, 0.4) is 0 Å².